The lowest BCUT2D eigenvalue weighted by atomic mass is 10.0. The molecule has 0 amide bonds. The maximum absolute atomic E-state index is 13.0. The van der Waals surface area contributed by atoms with Gasteiger partial charge in [0.05, 0.1) is 21.9 Å². The third-order valence-corrected chi connectivity index (χ3v) is 7.26. The summed E-state index contributed by atoms with van der Waals surface area (Å²) in [5.74, 6) is 0.419. The Morgan fingerprint density at radius 2 is 1.87 bits per heavy atom. The smallest absolute Gasteiger partial charge is 0.208 e. The average molecular weight is 455 g/mol. The fourth-order valence-corrected chi connectivity index (χ4v) is 5.03. The van der Waals surface area contributed by atoms with Crippen LogP contribution in [-0.2, 0) is 16.3 Å². The molecule has 4 aromatic rings. The summed E-state index contributed by atoms with van der Waals surface area (Å²) in [6, 6.07) is 14.6. The van der Waals surface area contributed by atoms with E-state index in [0.717, 1.165) is 11.2 Å². The minimum absolute atomic E-state index is 0.00802. The number of rotatable bonds is 7. The number of imidazole rings is 1. The number of benzene rings is 2. The molecule has 158 valence electrons. The van der Waals surface area contributed by atoms with E-state index in [2.05, 4.69) is 4.98 Å². The van der Waals surface area contributed by atoms with E-state index >= 15 is 0 Å². The fraction of sp³-hybridized carbons (Fsp3) is 0.130. The number of ether oxygens (including phenoxy) is 1. The molecule has 0 radical (unpaired) electrons. The molecule has 2 aromatic carbocycles. The quantitative estimate of drug-likeness (QED) is 0.380. The van der Waals surface area contributed by atoms with Crippen LogP contribution in [0.3, 0.4) is 0 Å². The number of aryl methyl sites for hydroxylation is 1. The molecule has 0 saturated carbocycles. The highest BCUT2D eigenvalue weighted by molar-refractivity contribution is 7.91. The minimum Gasteiger partial charge on any atom is -0.497 e. The molecule has 31 heavy (non-hydrogen) atoms. The van der Waals surface area contributed by atoms with E-state index in [1.54, 1.807) is 53.3 Å². The summed E-state index contributed by atoms with van der Waals surface area (Å²) in [6.45, 7) is 0. The number of pyridine rings is 1. The first-order valence-corrected chi connectivity index (χ1v) is 11.4. The van der Waals surface area contributed by atoms with Crippen LogP contribution in [0.5, 0.6) is 5.75 Å². The molecule has 0 saturated heterocycles. The lowest BCUT2D eigenvalue weighted by Gasteiger charge is -2.09. The van der Waals surface area contributed by atoms with E-state index in [0.29, 0.717) is 24.2 Å². The standard InChI is InChI=1S/C23H19ClN2O4S/c1-30-18-6-9-20(24)22(14-18)31(28,29)19-7-2-16(3-8-19)4-10-21(27)17-5-11-23-25-12-13-26(23)15-17/h2-3,5-9,11-15H,4,10H2,1H3. The maximum Gasteiger partial charge on any atom is 0.208 e. The summed E-state index contributed by atoms with van der Waals surface area (Å²) < 4.78 is 32.8. The van der Waals surface area contributed by atoms with Crippen molar-refractivity contribution in [1.82, 2.24) is 9.38 Å². The number of hydrogen-bond donors (Lipinski definition) is 0. The number of sulfone groups is 1. The number of methoxy groups -OCH3 is 1. The van der Waals surface area contributed by atoms with E-state index in [4.69, 9.17) is 16.3 Å². The predicted molar refractivity (Wildman–Crippen MR) is 118 cm³/mol. The summed E-state index contributed by atoms with van der Waals surface area (Å²) in [4.78, 5) is 16.8. The number of nitrogens with zero attached hydrogens (tertiary/aromatic N) is 2. The van der Waals surface area contributed by atoms with Gasteiger partial charge in [-0.1, -0.05) is 23.7 Å². The van der Waals surface area contributed by atoms with E-state index in [1.165, 1.54) is 31.4 Å². The minimum atomic E-state index is -3.80. The van der Waals surface area contributed by atoms with Gasteiger partial charge in [0.2, 0.25) is 9.84 Å². The van der Waals surface area contributed by atoms with Gasteiger partial charge in [-0.3, -0.25) is 4.79 Å². The van der Waals surface area contributed by atoms with Gasteiger partial charge in [0, 0.05) is 36.6 Å². The van der Waals surface area contributed by atoms with E-state index in [-0.39, 0.29) is 20.6 Å². The Labute approximate surface area is 185 Å². The number of aromatic nitrogens is 2. The molecule has 0 aliphatic rings. The molecule has 0 aliphatic carbocycles. The number of carbonyl (C=O) groups excluding carboxylic acids is 1. The Hall–Kier alpha value is -3.16. The van der Waals surface area contributed by atoms with Crippen molar-refractivity contribution in [2.45, 2.75) is 22.6 Å². The van der Waals surface area contributed by atoms with Crippen LogP contribution in [0.25, 0.3) is 5.65 Å². The topological polar surface area (TPSA) is 77.7 Å². The zero-order valence-corrected chi connectivity index (χ0v) is 18.2. The van der Waals surface area contributed by atoms with Crippen molar-refractivity contribution in [3.8, 4) is 5.75 Å². The molecule has 4 rings (SSSR count). The second-order valence-corrected chi connectivity index (χ2v) is 9.30. The molecule has 0 fully saturated rings. The van der Waals surface area contributed by atoms with Gasteiger partial charge in [0.25, 0.3) is 0 Å². The summed E-state index contributed by atoms with van der Waals surface area (Å²) in [5.41, 5.74) is 2.26. The molecule has 0 unspecified atom stereocenters. The molecular weight excluding hydrogens is 436 g/mol. The predicted octanol–water partition coefficient (Wildman–Crippen LogP) is 4.64. The molecule has 0 aliphatic heterocycles. The normalized spacial score (nSPS) is 11.5. The fourth-order valence-electron chi connectivity index (χ4n) is 3.27. The van der Waals surface area contributed by atoms with Crippen molar-refractivity contribution >= 4 is 32.9 Å². The van der Waals surface area contributed by atoms with Gasteiger partial charge in [0.1, 0.15) is 11.4 Å². The molecule has 0 spiro atoms. The van der Waals surface area contributed by atoms with Gasteiger partial charge in [-0.25, -0.2) is 13.4 Å². The van der Waals surface area contributed by atoms with Gasteiger partial charge >= 0.3 is 0 Å². The third kappa shape index (κ3) is 4.33. The van der Waals surface area contributed by atoms with Crippen molar-refractivity contribution in [3.63, 3.8) is 0 Å². The first kappa shape index (κ1) is 21.1. The van der Waals surface area contributed by atoms with Gasteiger partial charge in [-0.05, 0) is 48.4 Å². The van der Waals surface area contributed by atoms with Crippen LogP contribution < -0.4 is 4.74 Å². The van der Waals surface area contributed by atoms with Gasteiger partial charge in [-0.2, -0.15) is 0 Å². The molecule has 2 heterocycles. The van der Waals surface area contributed by atoms with Crippen molar-refractivity contribution in [2.75, 3.05) is 7.11 Å². The van der Waals surface area contributed by atoms with Crippen LogP contribution in [0, 0.1) is 0 Å². The Balaban J connectivity index is 1.48. The summed E-state index contributed by atoms with van der Waals surface area (Å²) in [5, 5.41) is 0.130. The molecule has 0 bridgehead atoms. The van der Waals surface area contributed by atoms with Crippen LogP contribution >= 0.6 is 11.6 Å². The van der Waals surface area contributed by atoms with Crippen LogP contribution in [-0.4, -0.2) is 30.7 Å². The van der Waals surface area contributed by atoms with Crippen molar-refractivity contribution in [1.29, 1.82) is 0 Å². The number of hydrogen-bond acceptors (Lipinski definition) is 5. The Kier molecular flexibility index (Phi) is 5.80. The zero-order valence-electron chi connectivity index (χ0n) is 16.7. The zero-order chi connectivity index (χ0) is 22.0. The van der Waals surface area contributed by atoms with Crippen molar-refractivity contribution in [3.05, 3.63) is 89.3 Å². The van der Waals surface area contributed by atoms with Gasteiger partial charge in [-0.15, -0.1) is 0 Å². The Bertz CT molecular complexity index is 1360. The number of ketones is 1. The van der Waals surface area contributed by atoms with Gasteiger partial charge in [0.15, 0.2) is 5.78 Å². The Morgan fingerprint density at radius 3 is 2.61 bits per heavy atom. The van der Waals surface area contributed by atoms with Crippen LogP contribution in [0.15, 0.2) is 83.0 Å². The molecule has 6 nitrogen and oxygen atoms in total. The second-order valence-electron chi connectivity index (χ2n) is 6.98. The highest BCUT2D eigenvalue weighted by Crippen LogP contribution is 2.31. The molecule has 8 heteroatoms. The number of carbonyl (C=O) groups is 1. The lowest BCUT2D eigenvalue weighted by molar-refractivity contribution is 0.0982. The Morgan fingerprint density at radius 1 is 1.10 bits per heavy atom. The average Bonchev–Trinajstić information content (AvgIpc) is 3.26. The van der Waals surface area contributed by atoms with Crippen molar-refractivity contribution < 1.29 is 17.9 Å². The maximum atomic E-state index is 13.0. The second kappa shape index (κ2) is 8.53. The third-order valence-electron chi connectivity index (χ3n) is 5.01. The lowest BCUT2D eigenvalue weighted by Crippen LogP contribution is -2.05. The van der Waals surface area contributed by atoms with Crippen molar-refractivity contribution in [2.24, 2.45) is 0 Å². The monoisotopic (exact) mass is 454 g/mol. The highest BCUT2D eigenvalue weighted by atomic mass is 35.5. The molecule has 0 N–H and O–H groups in total. The van der Waals surface area contributed by atoms with E-state index in [9.17, 15) is 13.2 Å². The summed E-state index contributed by atoms with van der Waals surface area (Å²) in [7, 11) is -2.33. The van der Waals surface area contributed by atoms with Crippen LogP contribution in [0.4, 0.5) is 0 Å². The van der Waals surface area contributed by atoms with Crippen LogP contribution in [0.2, 0.25) is 5.02 Å². The van der Waals surface area contributed by atoms with E-state index < -0.39 is 9.84 Å². The molecule has 0 atom stereocenters. The van der Waals surface area contributed by atoms with Gasteiger partial charge < -0.3 is 9.14 Å². The van der Waals surface area contributed by atoms with Crippen LogP contribution in [0.1, 0.15) is 22.3 Å². The first-order chi connectivity index (χ1) is 14.9. The summed E-state index contributed by atoms with van der Waals surface area (Å²) in [6.07, 6.45) is 6.05. The first-order valence-electron chi connectivity index (χ1n) is 9.52. The number of halogens is 1. The number of Topliss-reactive ketones (excluding diaryl/α,β-unsaturated/α-hetero) is 1. The largest absolute Gasteiger partial charge is 0.497 e. The SMILES string of the molecule is COc1ccc(Cl)c(S(=O)(=O)c2ccc(CCC(=O)c3ccc4nccn4c3)cc2)c1. The molecule has 2 aromatic heterocycles. The molecular formula is C23H19ClN2O4S. The van der Waals surface area contributed by atoms with E-state index in [1.807, 2.05) is 0 Å². The number of fused-ring (bicyclic) bond motifs is 1. The summed E-state index contributed by atoms with van der Waals surface area (Å²) >= 11 is 6.11. The highest BCUT2D eigenvalue weighted by Gasteiger charge is 2.21.